The largest absolute Gasteiger partial charge is 0.482 e. The molecule has 1 amide bonds. The zero-order valence-corrected chi connectivity index (χ0v) is 12.1. The Morgan fingerprint density at radius 1 is 1.50 bits per heavy atom. The Bertz CT molecular complexity index is 605. The van der Waals surface area contributed by atoms with Crippen LogP contribution < -0.4 is 10.5 Å². The molecule has 0 aliphatic rings. The van der Waals surface area contributed by atoms with Crippen LogP contribution in [0.2, 0.25) is 5.02 Å². The summed E-state index contributed by atoms with van der Waals surface area (Å²) < 4.78 is 10.8. The molecule has 0 saturated carbocycles. The predicted octanol–water partition coefficient (Wildman–Crippen LogP) is 2.27. The lowest BCUT2D eigenvalue weighted by Crippen LogP contribution is -2.22. The maximum absolute atomic E-state index is 10.9. The monoisotopic (exact) mass is 313 g/mol. The highest BCUT2D eigenvalue weighted by Crippen LogP contribution is 2.25. The van der Waals surface area contributed by atoms with Crippen LogP contribution in [-0.4, -0.2) is 21.4 Å². The van der Waals surface area contributed by atoms with E-state index in [-0.39, 0.29) is 11.8 Å². The molecule has 20 heavy (non-hydrogen) atoms. The fourth-order valence-corrected chi connectivity index (χ4v) is 2.10. The van der Waals surface area contributed by atoms with Gasteiger partial charge in [-0.1, -0.05) is 35.5 Å². The minimum absolute atomic E-state index is 0.0995. The van der Waals surface area contributed by atoms with Crippen LogP contribution in [0.4, 0.5) is 0 Å². The van der Waals surface area contributed by atoms with Gasteiger partial charge in [-0.25, -0.2) is 0 Å². The smallest absolute Gasteiger partial charge is 0.277 e. The molecular formula is C12H12ClN3O3S. The second-order valence-corrected chi connectivity index (χ2v) is 5.54. The summed E-state index contributed by atoms with van der Waals surface area (Å²) in [6.45, 7) is 1.76. The van der Waals surface area contributed by atoms with Gasteiger partial charge in [-0.15, -0.1) is 10.2 Å². The van der Waals surface area contributed by atoms with Gasteiger partial charge < -0.3 is 14.9 Å². The Balaban J connectivity index is 1.93. The first kappa shape index (κ1) is 14.7. The van der Waals surface area contributed by atoms with Crippen LogP contribution in [-0.2, 0) is 11.4 Å². The molecule has 1 heterocycles. The molecule has 0 saturated heterocycles. The summed E-state index contributed by atoms with van der Waals surface area (Å²) in [5.41, 5.74) is 5.15. The number of carbonyl (C=O) groups excluding carboxylic acids is 1. The fraction of sp³-hybridized carbons (Fsp3) is 0.250. The number of hydrogen-bond donors (Lipinski definition) is 1. The SMILES string of the molecule is C[C@@H](Sc1nnc(COc2ccccc2Cl)o1)C(N)=O. The Labute approximate surface area is 124 Å². The third-order valence-electron chi connectivity index (χ3n) is 2.31. The van der Waals surface area contributed by atoms with Gasteiger partial charge in [-0.3, -0.25) is 4.79 Å². The van der Waals surface area contributed by atoms with Gasteiger partial charge in [0.25, 0.3) is 11.1 Å². The van der Waals surface area contributed by atoms with E-state index >= 15 is 0 Å². The van der Waals surface area contributed by atoms with Crippen molar-refractivity contribution in [2.24, 2.45) is 5.73 Å². The molecule has 0 bridgehead atoms. The number of nitrogens with two attached hydrogens (primary N) is 1. The summed E-state index contributed by atoms with van der Waals surface area (Å²) in [6, 6.07) is 7.08. The predicted molar refractivity (Wildman–Crippen MR) is 74.6 cm³/mol. The van der Waals surface area contributed by atoms with Crippen LogP contribution in [0.15, 0.2) is 33.9 Å². The highest BCUT2D eigenvalue weighted by molar-refractivity contribution is 8.00. The average Bonchev–Trinajstić information content (AvgIpc) is 2.85. The van der Waals surface area contributed by atoms with Gasteiger partial charge >= 0.3 is 0 Å². The number of benzene rings is 1. The molecule has 0 aliphatic heterocycles. The van der Waals surface area contributed by atoms with Gasteiger partial charge in [0.15, 0.2) is 6.61 Å². The molecular weight excluding hydrogens is 302 g/mol. The third kappa shape index (κ3) is 3.88. The summed E-state index contributed by atoms with van der Waals surface area (Å²) in [6.07, 6.45) is 0. The van der Waals surface area contributed by atoms with Gasteiger partial charge in [0, 0.05) is 0 Å². The van der Waals surface area contributed by atoms with Crippen LogP contribution in [0.3, 0.4) is 0 Å². The Kier molecular flexibility index (Phi) is 4.86. The van der Waals surface area contributed by atoms with E-state index in [4.69, 9.17) is 26.5 Å². The molecule has 6 nitrogen and oxygen atoms in total. The average molecular weight is 314 g/mol. The quantitative estimate of drug-likeness (QED) is 0.823. The highest BCUT2D eigenvalue weighted by Gasteiger charge is 2.15. The van der Waals surface area contributed by atoms with Crippen LogP contribution >= 0.6 is 23.4 Å². The number of aromatic nitrogens is 2. The first-order chi connectivity index (χ1) is 9.56. The van der Waals surface area contributed by atoms with E-state index in [9.17, 15) is 4.79 Å². The van der Waals surface area contributed by atoms with Crippen LogP contribution in [0.1, 0.15) is 12.8 Å². The van der Waals surface area contributed by atoms with Crippen molar-refractivity contribution in [1.82, 2.24) is 10.2 Å². The van der Waals surface area contributed by atoms with Crippen molar-refractivity contribution in [3.8, 4) is 5.75 Å². The lowest BCUT2D eigenvalue weighted by Gasteiger charge is -2.04. The molecule has 8 heteroatoms. The number of carbonyl (C=O) groups is 1. The molecule has 0 spiro atoms. The van der Waals surface area contributed by atoms with E-state index in [0.29, 0.717) is 16.7 Å². The summed E-state index contributed by atoms with van der Waals surface area (Å²) >= 11 is 7.05. The van der Waals surface area contributed by atoms with Gasteiger partial charge in [0.05, 0.1) is 10.3 Å². The fourth-order valence-electron chi connectivity index (χ4n) is 1.25. The van der Waals surface area contributed by atoms with E-state index in [1.54, 1.807) is 19.1 Å². The van der Waals surface area contributed by atoms with Gasteiger partial charge in [0.2, 0.25) is 5.91 Å². The van der Waals surface area contributed by atoms with Crippen molar-refractivity contribution >= 4 is 29.3 Å². The number of amides is 1. The number of hydrogen-bond acceptors (Lipinski definition) is 6. The maximum Gasteiger partial charge on any atom is 0.277 e. The van der Waals surface area contributed by atoms with E-state index in [2.05, 4.69) is 10.2 Å². The number of halogens is 1. The summed E-state index contributed by atoms with van der Waals surface area (Å²) in [5, 5.41) is 7.95. The van der Waals surface area contributed by atoms with E-state index < -0.39 is 11.2 Å². The zero-order chi connectivity index (χ0) is 14.5. The second kappa shape index (κ2) is 6.62. The summed E-state index contributed by atoms with van der Waals surface area (Å²) in [5.74, 6) is 0.387. The zero-order valence-electron chi connectivity index (χ0n) is 10.6. The molecule has 0 fully saturated rings. The standard InChI is InChI=1S/C12H12ClN3O3S/c1-7(11(14)17)20-12-16-15-10(19-12)6-18-9-5-3-2-4-8(9)13/h2-5,7H,6H2,1H3,(H2,14,17)/t7-/m1/s1. The van der Waals surface area contributed by atoms with Gasteiger partial charge in [-0.2, -0.15) is 0 Å². The molecule has 2 rings (SSSR count). The normalized spacial score (nSPS) is 12.1. The summed E-state index contributed by atoms with van der Waals surface area (Å²) in [7, 11) is 0. The van der Waals surface area contributed by atoms with Crippen molar-refractivity contribution in [3.05, 3.63) is 35.2 Å². The third-order valence-corrected chi connectivity index (χ3v) is 3.58. The molecule has 1 aromatic heterocycles. The topological polar surface area (TPSA) is 91.2 Å². The van der Waals surface area contributed by atoms with Gasteiger partial charge in [-0.05, 0) is 19.1 Å². The van der Waals surface area contributed by atoms with Crippen molar-refractivity contribution in [3.63, 3.8) is 0 Å². The van der Waals surface area contributed by atoms with Crippen molar-refractivity contribution in [2.75, 3.05) is 0 Å². The number of nitrogens with zero attached hydrogens (tertiary/aromatic N) is 2. The lowest BCUT2D eigenvalue weighted by atomic mass is 10.3. The molecule has 106 valence electrons. The number of para-hydroxylation sites is 1. The maximum atomic E-state index is 10.9. The van der Waals surface area contributed by atoms with Crippen molar-refractivity contribution < 1.29 is 13.9 Å². The highest BCUT2D eigenvalue weighted by atomic mass is 35.5. The molecule has 1 aromatic carbocycles. The Hall–Kier alpha value is -1.73. The number of ether oxygens (including phenoxy) is 1. The van der Waals surface area contributed by atoms with E-state index in [1.807, 2.05) is 12.1 Å². The molecule has 0 unspecified atom stereocenters. The molecule has 2 aromatic rings. The molecule has 1 atom stereocenters. The minimum Gasteiger partial charge on any atom is -0.482 e. The summed E-state index contributed by atoms with van der Waals surface area (Å²) in [4.78, 5) is 10.9. The lowest BCUT2D eigenvalue weighted by molar-refractivity contribution is -0.117. The van der Waals surface area contributed by atoms with Crippen LogP contribution in [0.5, 0.6) is 5.75 Å². The molecule has 0 radical (unpaired) electrons. The van der Waals surface area contributed by atoms with Gasteiger partial charge in [0.1, 0.15) is 5.75 Å². The van der Waals surface area contributed by atoms with Crippen molar-refractivity contribution in [2.45, 2.75) is 24.0 Å². The Morgan fingerprint density at radius 2 is 2.25 bits per heavy atom. The first-order valence-corrected chi connectivity index (χ1v) is 6.97. The molecule has 2 N–H and O–H groups in total. The number of rotatable bonds is 6. The number of thioether (sulfide) groups is 1. The Morgan fingerprint density at radius 3 is 2.95 bits per heavy atom. The first-order valence-electron chi connectivity index (χ1n) is 5.72. The van der Waals surface area contributed by atoms with Crippen LogP contribution in [0.25, 0.3) is 0 Å². The van der Waals surface area contributed by atoms with Crippen molar-refractivity contribution in [1.29, 1.82) is 0 Å². The minimum atomic E-state index is -0.443. The molecule has 0 aliphatic carbocycles. The van der Waals surface area contributed by atoms with Crippen LogP contribution in [0, 0.1) is 0 Å². The second-order valence-electron chi connectivity index (χ2n) is 3.84. The number of primary amides is 1. The van der Waals surface area contributed by atoms with E-state index in [0.717, 1.165) is 11.8 Å². The van der Waals surface area contributed by atoms with E-state index in [1.165, 1.54) is 0 Å².